The van der Waals surface area contributed by atoms with E-state index >= 15 is 0 Å². The standard InChI is InChI=1S/C13H16O3/c14-11-6-5-10(7-11)12-4-2-1-3-9(12)8-13(15)16/h1-4,10-11,14H,5-8H2,(H,15,16). The van der Waals surface area contributed by atoms with Crippen LogP contribution in [0.25, 0.3) is 0 Å². The van der Waals surface area contributed by atoms with Crippen LogP contribution in [0.5, 0.6) is 0 Å². The van der Waals surface area contributed by atoms with Crippen molar-refractivity contribution in [2.75, 3.05) is 0 Å². The van der Waals surface area contributed by atoms with Gasteiger partial charge in [-0.15, -0.1) is 0 Å². The fourth-order valence-corrected chi connectivity index (χ4v) is 2.50. The lowest BCUT2D eigenvalue weighted by atomic mass is 9.91. The predicted octanol–water partition coefficient (Wildman–Crippen LogP) is 1.94. The summed E-state index contributed by atoms with van der Waals surface area (Å²) in [6.45, 7) is 0. The molecule has 1 aromatic rings. The highest BCUT2D eigenvalue weighted by Gasteiger charge is 2.25. The molecule has 0 heterocycles. The molecule has 2 atom stereocenters. The maximum atomic E-state index is 10.8. The molecule has 16 heavy (non-hydrogen) atoms. The third kappa shape index (κ3) is 2.42. The molecule has 3 heteroatoms. The highest BCUT2D eigenvalue weighted by molar-refractivity contribution is 5.70. The van der Waals surface area contributed by atoms with Crippen molar-refractivity contribution in [3.05, 3.63) is 35.4 Å². The van der Waals surface area contributed by atoms with E-state index in [1.165, 1.54) is 0 Å². The molecular formula is C13H16O3. The zero-order valence-electron chi connectivity index (χ0n) is 9.10. The van der Waals surface area contributed by atoms with Crippen molar-refractivity contribution in [3.63, 3.8) is 0 Å². The van der Waals surface area contributed by atoms with Crippen molar-refractivity contribution >= 4 is 5.97 Å². The second kappa shape index (κ2) is 4.66. The second-order valence-corrected chi connectivity index (χ2v) is 4.43. The minimum Gasteiger partial charge on any atom is -0.481 e. The number of hydrogen-bond donors (Lipinski definition) is 2. The molecule has 3 nitrogen and oxygen atoms in total. The molecule has 0 aliphatic heterocycles. The SMILES string of the molecule is O=C(O)Cc1ccccc1C1CCC(O)C1. The van der Waals surface area contributed by atoms with Gasteiger partial charge in [-0.25, -0.2) is 0 Å². The Balaban J connectivity index is 2.22. The van der Waals surface area contributed by atoms with Gasteiger partial charge in [0.2, 0.25) is 0 Å². The van der Waals surface area contributed by atoms with Crippen LogP contribution in [0.2, 0.25) is 0 Å². The van der Waals surface area contributed by atoms with E-state index in [1.807, 2.05) is 24.3 Å². The fraction of sp³-hybridized carbons (Fsp3) is 0.462. The number of aliphatic hydroxyl groups excluding tert-OH is 1. The molecule has 1 saturated carbocycles. The van der Waals surface area contributed by atoms with E-state index < -0.39 is 5.97 Å². The van der Waals surface area contributed by atoms with Crippen molar-refractivity contribution in [1.82, 2.24) is 0 Å². The van der Waals surface area contributed by atoms with Gasteiger partial charge in [0, 0.05) is 0 Å². The molecule has 1 aliphatic carbocycles. The molecule has 1 fully saturated rings. The van der Waals surface area contributed by atoms with Gasteiger partial charge in [0.25, 0.3) is 0 Å². The Morgan fingerprint density at radius 1 is 1.31 bits per heavy atom. The summed E-state index contributed by atoms with van der Waals surface area (Å²) < 4.78 is 0. The summed E-state index contributed by atoms with van der Waals surface area (Å²) >= 11 is 0. The van der Waals surface area contributed by atoms with Crippen LogP contribution in [-0.4, -0.2) is 22.3 Å². The van der Waals surface area contributed by atoms with Crippen molar-refractivity contribution < 1.29 is 15.0 Å². The Kier molecular flexibility index (Phi) is 3.25. The molecule has 86 valence electrons. The van der Waals surface area contributed by atoms with E-state index in [1.54, 1.807) is 0 Å². The van der Waals surface area contributed by atoms with Gasteiger partial charge in [0.15, 0.2) is 0 Å². The van der Waals surface area contributed by atoms with Crippen molar-refractivity contribution in [1.29, 1.82) is 0 Å². The van der Waals surface area contributed by atoms with Crippen LogP contribution in [0, 0.1) is 0 Å². The average molecular weight is 220 g/mol. The number of aliphatic carboxylic acids is 1. The highest BCUT2D eigenvalue weighted by Crippen LogP contribution is 2.36. The lowest BCUT2D eigenvalue weighted by molar-refractivity contribution is -0.136. The van der Waals surface area contributed by atoms with Crippen LogP contribution in [0.3, 0.4) is 0 Å². The van der Waals surface area contributed by atoms with E-state index in [-0.39, 0.29) is 12.5 Å². The molecule has 1 aliphatic rings. The maximum absolute atomic E-state index is 10.8. The maximum Gasteiger partial charge on any atom is 0.307 e. The minimum absolute atomic E-state index is 0.0722. The van der Waals surface area contributed by atoms with E-state index in [0.717, 1.165) is 30.4 Å². The van der Waals surface area contributed by atoms with Crippen molar-refractivity contribution in [3.8, 4) is 0 Å². The third-order valence-corrected chi connectivity index (χ3v) is 3.24. The molecule has 0 saturated heterocycles. The molecule has 0 aromatic heterocycles. The Morgan fingerprint density at radius 3 is 2.69 bits per heavy atom. The van der Waals surface area contributed by atoms with Gasteiger partial charge in [-0.3, -0.25) is 4.79 Å². The molecule has 1 aromatic carbocycles. The average Bonchev–Trinajstić information content (AvgIpc) is 2.65. The van der Waals surface area contributed by atoms with Gasteiger partial charge >= 0.3 is 5.97 Å². The summed E-state index contributed by atoms with van der Waals surface area (Å²) in [6, 6.07) is 7.66. The summed E-state index contributed by atoms with van der Waals surface area (Å²) in [5.74, 6) is -0.475. The van der Waals surface area contributed by atoms with Crippen molar-refractivity contribution in [2.45, 2.75) is 37.7 Å². The van der Waals surface area contributed by atoms with Crippen LogP contribution in [0.4, 0.5) is 0 Å². The molecule has 2 N–H and O–H groups in total. The van der Waals surface area contributed by atoms with Crippen LogP contribution in [-0.2, 0) is 11.2 Å². The summed E-state index contributed by atoms with van der Waals surface area (Å²) in [5.41, 5.74) is 1.98. The number of benzene rings is 1. The Labute approximate surface area is 94.7 Å². The number of rotatable bonds is 3. The molecule has 0 bridgehead atoms. The van der Waals surface area contributed by atoms with Gasteiger partial charge in [-0.1, -0.05) is 24.3 Å². The lowest BCUT2D eigenvalue weighted by Gasteiger charge is -2.14. The summed E-state index contributed by atoms with van der Waals surface area (Å²) in [5, 5.41) is 18.4. The predicted molar refractivity (Wildman–Crippen MR) is 60.4 cm³/mol. The zero-order valence-corrected chi connectivity index (χ0v) is 9.10. The summed E-state index contributed by atoms with van der Waals surface area (Å²) in [7, 11) is 0. The van der Waals surface area contributed by atoms with Gasteiger partial charge < -0.3 is 10.2 Å². The molecule has 0 radical (unpaired) electrons. The first-order valence-corrected chi connectivity index (χ1v) is 5.64. The first kappa shape index (κ1) is 11.1. The lowest BCUT2D eigenvalue weighted by Crippen LogP contribution is -2.06. The van der Waals surface area contributed by atoms with Crippen LogP contribution in [0.1, 0.15) is 36.3 Å². The number of carboxylic acid groups (broad SMARTS) is 1. The normalized spacial score (nSPS) is 24.6. The third-order valence-electron chi connectivity index (χ3n) is 3.24. The number of carbonyl (C=O) groups is 1. The topological polar surface area (TPSA) is 57.5 Å². The van der Waals surface area contributed by atoms with Gasteiger partial charge in [-0.2, -0.15) is 0 Å². The van der Waals surface area contributed by atoms with E-state index in [4.69, 9.17) is 5.11 Å². The van der Waals surface area contributed by atoms with E-state index in [2.05, 4.69) is 0 Å². The first-order chi connectivity index (χ1) is 7.66. The summed E-state index contributed by atoms with van der Waals surface area (Å²) in [4.78, 5) is 10.8. The Morgan fingerprint density at radius 2 is 2.06 bits per heavy atom. The largest absolute Gasteiger partial charge is 0.481 e. The zero-order chi connectivity index (χ0) is 11.5. The monoisotopic (exact) mass is 220 g/mol. The van der Waals surface area contributed by atoms with Gasteiger partial charge in [-0.05, 0) is 36.3 Å². The molecular weight excluding hydrogens is 204 g/mol. The Hall–Kier alpha value is -1.35. The highest BCUT2D eigenvalue weighted by atomic mass is 16.4. The number of aliphatic hydroxyl groups is 1. The smallest absolute Gasteiger partial charge is 0.307 e. The molecule has 2 unspecified atom stereocenters. The van der Waals surface area contributed by atoms with Crippen LogP contribution >= 0.6 is 0 Å². The van der Waals surface area contributed by atoms with E-state index in [0.29, 0.717) is 5.92 Å². The summed E-state index contributed by atoms with van der Waals surface area (Å²) in [6.07, 6.45) is 2.39. The van der Waals surface area contributed by atoms with Crippen molar-refractivity contribution in [2.24, 2.45) is 0 Å². The van der Waals surface area contributed by atoms with Crippen LogP contribution in [0.15, 0.2) is 24.3 Å². The number of carboxylic acids is 1. The number of hydrogen-bond acceptors (Lipinski definition) is 2. The Bertz CT molecular complexity index is 387. The fourth-order valence-electron chi connectivity index (χ4n) is 2.50. The van der Waals surface area contributed by atoms with Crippen LogP contribution < -0.4 is 0 Å². The van der Waals surface area contributed by atoms with E-state index in [9.17, 15) is 9.90 Å². The second-order valence-electron chi connectivity index (χ2n) is 4.43. The first-order valence-electron chi connectivity index (χ1n) is 5.64. The molecule has 0 amide bonds. The molecule has 0 spiro atoms. The quantitative estimate of drug-likeness (QED) is 0.818. The molecule has 2 rings (SSSR count). The van der Waals surface area contributed by atoms with Gasteiger partial charge in [0.1, 0.15) is 0 Å². The minimum atomic E-state index is -0.800. The van der Waals surface area contributed by atoms with Gasteiger partial charge in [0.05, 0.1) is 12.5 Å².